The van der Waals surface area contributed by atoms with Crippen molar-refractivity contribution >= 4 is 11.8 Å². The molecule has 0 saturated heterocycles. The van der Waals surface area contributed by atoms with Gasteiger partial charge in [-0.15, -0.1) is 0 Å². The maximum atomic E-state index is 14.5. The lowest BCUT2D eigenvalue weighted by atomic mass is 9.86. The average molecular weight is 417 g/mol. The molecule has 2 N–H and O–H groups in total. The molecule has 8 nitrogen and oxygen atoms in total. The molecule has 3 rings (SSSR count). The third-order valence-corrected chi connectivity index (χ3v) is 5.29. The number of hydrogen-bond donors (Lipinski definition) is 2. The fourth-order valence-corrected chi connectivity index (χ4v) is 3.68. The predicted molar refractivity (Wildman–Crippen MR) is 111 cm³/mol. The van der Waals surface area contributed by atoms with Crippen molar-refractivity contribution in [3.8, 4) is 11.4 Å². The molecule has 1 atom stereocenters. The third kappa shape index (κ3) is 4.35. The number of aromatic nitrogens is 3. The summed E-state index contributed by atoms with van der Waals surface area (Å²) in [7, 11) is 3.51. The van der Waals surface area contributed by atoms with Gasteiger partial charge in [-0.25, -0.2) is 9.37 Å². The zero-order valence-corrected chi connectivity index (χ0v) is 18.1. The molecule has 0 radical (unpaired) electrons. The molecule has 0 spiro atoms. The van der Waals surface area contributed by atoms with Gasteiger partial charge in [0.05, 0.1) is 17.5 Å². The standard InChI is InChI=1S/C21H29FN6O2/c1-21(2,3)17(20(30)23-4)26-19(29)16-15-12-27(5)9-6-10-28(15)18(25-16)13-7-8-24-11-14(13)22/h7-8,11,17H,6,9-10,12H2,1-5H3,(H,23,30)(H,26,29)/t17-/m1/s1. The number of carbonyl (C=O) groups is 2. The first-order valence-electron chi connectivity index (χ1n) is 10.0. The number of carbonyl (C=O) groups excluding carboxylic acids is 2. The van der Waals surface area contributed by atoms with Gasteiger partial charge in [0, 0.05) is 26.3 Å². The van der Waals surface area contributed by atoms with Crippen LogP contribution in [0.3, 0.4) is 0 Å². The van der Waals surface area contributed by atoms with E-state index in [0.29, 0.717) is 30.2 Å². The van der Waals surface area contributed by atoms with Crippen LogP contribution < -0.4 is 10.6 Å². The molecular formula is C21H29FN6O2. The van der Waals surface area contributed by atoms with E-state index in [2.05, 4.69) is 25.5 Å². The number of imidazole rings is 1. The van der Waals surface area contributed by atoms with Crippen LogP contribution in [-0.4, -0.2) is 57.9 Å². The van der Waals surface area contributed by atoms with E-state index in [1.165, 1.54) is 13.2 Å². The largest absolute Gasteiger partial charge is 0.357 e. The molecule has 0 aliphatic carbocycles. The van der Waals surface area contributed by atoms with E-state index in [9.17, 15) is 14.0 Å². The number of halogens is 1. The van der Waals surface area contributed by atoms with Crippen LogP contribution >= 0.6 is 0 Å². The van der Waals surface area contributed by atoms with Crippen LogP contribution in [0.15, 0.2) is 18.5 Å². The second-order valence-electron chi connectivity index (χ2n) is 8.72. The summed E-state index contributed by atoms with van der Waals surface area (Å²) in [6.07, 6.45) is 3.49. The van der Waals surface area contributed by atoms with Crippen molar-refractivity contribution in [2.45, 2.75) is 46.3 Å². The highest BCUT2D eigenvalue weighted by Gasteiger charge is 2.34. The van der Waals surface area contributed by atoms with E-state index < -0.39 is 23.2 Å². The van der Waals surface area contributed by atoms with Gasteiger partial charge < -0.3 is 20.1 Å². The fraction of sp³-hybridized carbons (Fsp3) is 0.524. The SMILES string of the molecule is CNC(=O)[C@@H](NC(=O)c1nc(-c2ccncc2F)n2c1CN(C)CCC2)C(C)(C)C. The Kier molecular flexibility index (Phi) is 6.21. The minimum Gasteiger partial charge on any atom is -0.357 e. The van der Waals surface area contributed by atoms with Gasteiger partial charge in [0.2, 0.25) is 5.91 Å². The molecule has 2 aromatic heterocycles. The van der Waals surface area contributed by atoms with Crippen molar-refractivity contribution < 1.29 is 14.0 Å². The Morgan fingerprint density at radius 3 is 2.63 bits per heavy atom. The first kappa shape index (κ1) is 21.9. The molecular weight excluding hydrogens is 387 g/mol. The van der Waals surface area contributed by atoms with Crippen molar-refractivity contribution in [3.63, 3.8) is 0 Å². The highest BCUT2D eigenvalue weighted by molar-refractivity contribution is 5.97. The predicted octanol–water partition coefficient (Wildman–Crippen LogP) is 1.81. The molecule has 2 aromatic rings. The topological polar surface area (TPSA) is 92.1 Å². The Bertz CT molecular complexity index is 949. The lowest BCUT2D eigenvalue weighted by molar-refractivity contribution is -0.124. The maximum Gasteiger partial charge on any atom is 0.272 e. The summed E-state index contributed by atoms with van der Waals surface area (Å²) in [4.78, 5) is 36.1. The second-order valence-corrected chi connectivity index (χ2v) is 8.72. The zero-order valence-electron chi connectivity index (χ0n) is 18.1. The van der Waals surface area contributed by atoms with Gasteiger partial charge in [0.15, 0.2) is 11.5 Å². The highest BCUT2D eigenvalue weighted by Crippen LogP contribution is 2.28. The minimum atomic E-state index is -0.739. The van der Waals surface area contributed by atoms with Gasteiger partial charge in [-0.05, 0) is 31.5 Å². The molecule has 3 heterocycles. The number of nitrogens with one attached hydrogen (secondary N) is 2. The van der Waals surface area contributed by atoms with Crippen molar-refractivity contribution in [1.29, 1.82) is 0 Å². The Morgan fingerprint density at radius 2 is 2.00 bits per heavy atom. The molecule has 1 aliphatic rings. The van der Waals surface area contributed by atoms with Crippen LogP contribution in [-0.2, 0) is 17.9 Å². The number of pyridine rings is 1. The van der Waals surface area contributed by atoms with E-state index in [1.54, 1.807) is 6.07 Å². The Morgan fingerprint density at radius 1 is 1.27 bits per heavy atom. The molecule has 0 fully saturated rings. The number of fused-ring (bicyclic) bond motifs is 1. The summed E-state index contributed by atoms with van der Waals surface area (Å²) in [6.45, 7) is 7.62. The average Bonchev–Trinajstić information content (AvgIpc) is 2.91. The zero-order chi connectivity index (χ0) is 22.1. The van der Waals surface area contributed by atoms with Gasteiger partial charge in [-0.1, -0.05) is 20.8 Å². The molecule has 9 heteroatoms. The quantitative estimate of drug-likeness (QED) is 0.793. The molecule has 162 valence electrons. The Balaban J connectivity index is 2.07. The molecule has 0 aromatic carbocycles. The maximum absolute atomic E-state index is 14.5. The summed E-state index contributed by atoms with van der Waals surface area (Å²) in [6, 6.07) is 0.820. The Hall–Kier alpha value is -2.81. The van der Waals surface area contributed by atoms with Crippen LogP contribution in [0.4, 0.5) is 4.39 Å². The van der Waals surface area contributed by atoms with E-state index in [-0.39, 0.29) is 11.6 Å². The minimum absolute atomic E-state index is 0.216. The fourth-order valence-electron chi connectivity index (χ4n) is 3.68. The van der Waals surface area contributed by atoms with Gasteiger partial charge in [0.1, 0.15) is 11.9 Å². The molecule has 2 amide bonds. The summed E-state index contributed by atoms with van der Waals surface area (Å²) in [5.41, 5.74) is 0.730. The van der Waals surface area contributed by atoms with Gasteiger partial charge >= 0.3 is 0 Å². The molecule has 0 bridgehead atoms. The lowest BCUT2D eigenvalue weighted by Crippen LogP contribution is -2.53. The number of likely N-dealkylation sites (N-methyl/N-ethyl adjacent to an activating group) is 1. The third-order valence-electron chi connectivity index (χ3n) is 5.29. The lowest BCUT2D eigenvalue weighted by Gasteiger charge is -2.29. The van der Waals surface area contributed by atoms with Crippen molar-refractivity contribution in [2.24, 2.45) is 5.41 Å². The number of amides is 2. The smallest absolute Gasteiger partial charge is 0.272 e. The summed E-state index contributed by atoms with van der Waals surface area (Å²) in [5, 5.41) is 5.44. The van der Waals surface area contributed by atoms with Gasteiger partial charge in [-0.3, -0.25) is 14.6 Å². The van der Waals surface area contributed by atoms with Crippen LogP contribution in [0.5, 0.6) is 0 Å². The Labute approximate surface area is 175 Å². The van der Waals surface area contributed by atoms with Crippen LogP contribution in [0.25, 0.3) is 11.4 Å². The van der Waals surface area contributed by atoms with Crippen molar-refractivity contribution in [3.05, 3.63) is 35.7 Å². The molecule has 1 aliphatic heterocycles. The second kappa shape index (κ2) is 8.51. The monoisotopic (exact) mass is 416 g/mol. The van der Waals surface area contributed by atoms with E-state index in [0.717, 1.165) is 19.2 Å². The van der Waals surface area contributed by atoms with E-state index in [1.807, 2.05) is 32.4 Å². The summed E-state index contributed by atoms with van der Waals surface area (Å²) >= 11 is 0. The molecule has 0 saturated carbocycles. The van der Waals surface area contributed by atoms with Crippen LogP contribution in [0.2, 0.25) is 0 Å². The van der Waals surface area contributed by atoms with Gasteiger partial charge in [-0.2, -0.15) is 0 Å². The molecule has 30 heavy (non-hydrogen) atoms. The van der Waals surface area contributed by atoms with E-state index in [4.69, 9.17) is 0 Å². The van der Waals surface area contributed by atoms with Gasteiger partial charge in [0.25, 0.3) is 5.91 Å². The summed E-state index contributed by atoms with van der Waals surface area (Å²) < 4.78 is 16.4. The van der Waals surface area contributed by atoms with Crippen LogP contribution in [0.1, 0.15) is 43.4 Å². The number of nitrogens with zero attached hydrogens (tertiary/aromatic N) is 4. The normalized spacial score (nSPS) is 15.8. The first-order valence-corrected chi connectivity index (χ1v) is 10.0. The highest BCUT2D eigenvalue weighted by atomic mass is 19.1. The van der Waals surface area contributed by atoms with Crippen LogP contribution in [0, 0.1) is 11.2 Å². The van der Waals surface area contributed by atoms with E-state index >= 15 is 0 Å². The van der Waals surface area contributed by atoms with Crippen molar-refractivity contribution in [2.75, 3.05) is 20.6 Å². The number of rotatable bonds is 4. The van der Waals surface area contributed by atoms with Crippen molar-refractivity contribution in [1.82, 2.24) is 30.1 Å². The number of hydrogen-bond acceptors (Lipinski definition) is 5. The summed E-state index contributed by atoms with van der Waals surface area (Å²) in [5.74, 6) is -0.817. The first-order chi connectivity index (χ1) is 14.1. The molecule has 0 unspecified atom stereocenters.